The molecule has 0 saturated carbocycles. The Balaban J connectivity index is 2.49. The Kier molecular flexibility index (Phi) is 10.0. The van der Waals surface area contributed by atoms with Gasteiger partial charge in [0, 0.05) is 19.3 Å². The summed E-state index contributed by atoms with van der Waals surface area (Å²) in [5, 5.41) is 2.42. The monoisotopic (exact) mass is 433 g/mol. The van der Waals surface area contributed by atoms with Crippen molar-refractivity contribution in [3.05, 3.63) is 28.2 Å². The minimum absolute atomic E-state index is 0.0357. The number of halogens is 1. The van der Waals surface area contributed by atoms with Gasteiger partial charge in [-0.1, -0.05) is 0 Å². The summed E-state index contributed by atoms with van der Waals surface area (Å²) in [6, 6.07) is 4.86. The zero-order valence-electron chi connectivity index (χ0n) is 13.9. The number of nitrogens with one attached hydrogen (secondary N) is 3. The molecule has 0 unspecified atom stereocenters. The van der Waals surface area contributed by atoms with Crippen molar-refractivity contribution in [3.8, 4) is 5.75 Å². The maximum Gasteiger partial charge on any atom is 0.264 e. The van der Waals surface area contributed by atoms with E-state index in [1.165, 1.54) is 0 Å². The lowest BCUT2D eigenvalue weighted by molar-refractivity contribution is -0.126. The molecule has 0 spiro atoms. The van der Waals surface area contributed by atoms with Gasteiger partial charge in [0.05, 0.1) is 11.1 Å². The average molecular weight is 434 g/mol. The molecule has 1 aromatic carbocycles. The van der Waals surface area contributed by atoms with Crippen LogP contribution in [0.1, 0.15) is 17.3 Å². The van der Waals surface area contributed by atoms with Crippen molar-refractivity contribution < 1.29 is 23.8 Å². The number of rotatable bonds is 8. The first-order valence-electron chi connectivity index (χ1n) is 7.37. The van der Waals surface area contributed by atoms with Gasteiger partial charge in [0.2, 0.25) is 0 Å². The van der Waals surface area contributed by atoms with Crippen LogP contribution in [0.15, 0.2) is 22.7 Å². The molecular formula is C15H20BrN3O5S. The van der Waals surface area contributed by atoms with Gasteiger partial charge in [-0.3, -0.25) is 25.8 Å². The number of thiocarbonyl (C=S) groups is 1. The SMILES string of the molecule is CCOCC(=O)NNC(=S)NC(=O)c1ccc(OCCOC)c(Br)c1. The van der Waals surface area contributed by atoms with Crippen molar-refractivity contribution in [2.75, 3.05) is 33.5 Å². The van der Waals surface area contributed by atoms with Crippen LogP contribution in [0.3, 0.4) is 0 Å². The van der Waals surface area contributed by atoms with Crippen LogP contribution in [-0.2, 0) is 14.3 Å². The molecular weight excluding hydrogens is 414 g/mol. The van der Waals surface area contributed by atoms with Gasteiger partial charge in [-0.25, -0.2) is 0 Å². The highest BCUT2D eigenvalue weighted by molar-refractivity contribution is 9.10. The van der Waals surface area contributed by atoms with Crippen molar-refractivity contribution in [3.63, 3.8) is 0 Å². The van der Waals surface area contributed by atoms with E-state index in [1.807, 2.05) is 0 Å². The number of ether oxygens (including phenoxy) is 3. The van der Waals surface area contributed by atoms with Crippen LogP contribution in [0, 0.1) is 0 Å². The van der Waals surface area contributed by atoms with Gasteiger partial charge in [-0.05, 0) is 53.3 Å². The quantitative estimate of drug-likeness (QED) is 0.321. The number of hydrazine groups is 1. The molecule has 0 aliphatic rings. The number of carbonyl (C=O) groups excluding carboxylic acids is 2. The Morgan fingerprint density at radius 3 is 2.64 bits per heavy atom. The van der Waals surface area contributed by atoms with Crippen LogP contribution in [0.4, 0.5) is 0 Å². The fourth-order valence-corrected chi connectivity index (χ4v) is 2.19. The minimum Gasteiger partial charge on any atom is -0.490 e. The Hall–Kier alpha value is -1.75. The summed E-state index contributed by atoms with van der Waals surface area (Å²) in [4.78, 5) is 23.5. The first-order chi connectivity index (χ1) is 12.0. The maximum atomic E-state index is 12.1. The number of carbonyl (C=O) groups is 2. The van der Waals surface area contributed by atoms with Gasteiger partial charge >= 0.3 is 0 Å². The molecule has 25 heavy (non-hydrogen) atoms. The number of benzene rings is 1. The fraction of sp³-hybridized carbons (Fsp3) is 0.400. The summed E-state index contributed by atoms with van der Waals surface area (Å²) in [5.74, 6) is -0.239. The second-order valence-corrected chi connectivity index (χ2v) is 5.84. The highest BCUT2D eigenvalue weighted by Crippen LogP contribution is 2.25. The molecule has 10 heteroatoms. The molecule has 0 atom stereocenters. The number of hydrogen-bond acceptors (Lipinski definition) is 6. The van der Waals surface area contributed by atoms with E-state index in [1.54, 1.807) is 32.2 Å². The zero-order valence-corrected chi connectivity index (χ0v) is 16.3. The van der Waals surface area contributed by atoms with E-state index in [4.69, 9.17) is 26.4 Å². The highest BCUT2D eigenvalue weighted by Gasteiger charge is 2.11. The molecule has 3 N–H and O–H groups in total. The van der Waals surface area contributed by atoms with Crippen LogP contribution >= 0.6 is 28.1 Å². The average Bonchev–Trinajstić information content (AvgIpc) is 2.59. The third-order valence-corrected chi connectivity index (χ3v) is 3.54. The second-order valence-electron chi connectivity index (χ2n) is 4.58. The van der Waals surface area contributed by atoms with Crippen LogP contribution in [0.5, 0.6) is 5.75 Å². The predicted molar refractivity (Wildman–Crippen MR) is 99.3 cm³/mol. The van der Waals surface area contributed by atoms with Gasteiger partial charge in [-0.15, -0.1) is 0 Å². The first kappa shape index (κ1) is 21.3. The minimum atomic E-state index is -0.430. The molecule has 2 amide bonds. The van der Waals surface area contributed by atoms with Gasteiger partial charge in [0.25, 0.3) is 11.8 Å². The number of methoxy groups -OCH3 is 1. The van der Waals surface area contributed by atoms with Crippen molar-refractivity contribution >= 4 is 45.1 Å². The molecule has 138 valence electrons. The predicted octanol–water partition coefficient (Wildman–Crippen LogP) is 1.15. The van der Waals surface area contributed by atoms with E-state index in [0.29, 0.717) is 35.6 Å². The van der Waals surface area contributed by atoms with Gasteiger partial charge in [0.15, 0.2) is 5.11 Å². The van der Waals surface area contributed by atoms with Crippen LogP contribution in [0.25, 0.3) is 0 Å². The standard InChI is InChI=1S/C15H20BrN3O5S/c1-3-23-9-13(20)18-19-15(25)17-14(21)10-4-5-12(11(16)8-10)24-7-6-22-2/h4-5,8H,3,6-7,9H2,1-2H3,(H,18,20)(H2,17,19,21,25). The van der Waals surface area contributed by atoms with E-state index < -0.39 is 11.8 Å². The molecule has 0 bridgehead atoms. The number of amides is 2. The Morgan fingerprint density at radius 1 is 1.24 bits per heavy atom. The lowest BCUT2D eigenvalue weighted by Gasteiger charge is -2.12. The third-order valence-electron chi connectivity index (χ3n) is 2.72. The second kappa shape index (κ2) is 11.7. The molecule has 8 nitrogen and oxygen atoms in total. The molecule has 0 fully saturated rings. The fourth-order valence-electron chi connectivity index (χ4n) is 1.56. The van der Waals surface area contributed by atoms with Crippen LogP contribution in [-0.4, -0.2) is 50.5 Å². The smallest absolute Gasteiger partial charge is 0.264 e. The normalized spacial score (nSPS) is 10.0. The van der Waals surface area contributed by atoms with E-state index in [-0.39, 0.29) is 11.7 Å². The van der Waals surface area contributed by atoms with Crippen molar-refractivity contribution in [1.82, 2.24) is 16.2 Å². The maximum absolute atomic E-state index is 12.1. The van der Waals surface area contributed by atoms with E-state index in [0.717, 1.165) is 0 Å². The van der Waals surface area contributed by atoms with Gasteiger partial charge in [-0.2, -0.15) is 0 Å². The molecule has 0 radical (unpaired) electrons. The molecule has 0 heterocycles. The van der Waals surface area contributed by atoms with E-state index in [9.17, 15) is 9.59 Å². The highest BCUT2D eigenvalue weighted by atomic mass is 79.9. The topological polar surface area (TPSA) is 97.9 Å². The van der Waals surface area contributed by atoms with Crippen LogP contribution < -0.4 is 20.9 Å². The van der Waals surface area contributed by atoms with Gasteiger partial charge in [0.1, 0.15) is 19.0 Å². The summed E-state index contributed by atoms with van der Waals surface area (Å²) in [5.41, 5.74) is 5.11. The largest absolute Gasteiger partial charge is 0.490 e. The summed E-state index contributed by atoms with van der Waals surface area (Å²) in [6.07, 6.45) is 0. The van der Waals surface area contributed by atoms with E-state index in [2.05, 4.69) is 32.1 Å². The first-order valence-corrected chi connectivity index (χ1v) is 8.57. The lowest BCUT2D eigenvalue weighted by atomic mass is 10.2. The summed E-state index contributed by atoms with van der Waals surface area (Å²) >= 11 is 8.28. The lowest BCUT2D eigenvalue weighted by Crippen LogP contribution is -2.49. The Morgan fingerprint density at radius 2 is 2.00 bits per heavy atom. The molecule has 1 rings (SSSR count). The molecule has 0 aliphatic carbocycles. The molecule has 0 aliphatic heterocycles. The zero-order chi connectivity index (χ0) is 18.7. The number of hydrogen-bond donors (Lipinski definition) is 3. The van der Waals surface area contributed by atoms with E-state index >= 15 is 0 Å². The summed E-state index contributed by atoms with van der Waals surface area (Å²) in [6.45, 7) is 2.96. The van der Waals surface area contributed by atoms with Crippen molar-refractivity contribution in [2.24, 2.45) is 0 Å². The Bertz CT molecular complexity index is 615. The molecule has 0 aromatic heterocycles. The van der Waals surface area contributed by atoms with Crippen molar-refractivity contribution in [1.29, 1.82) is 0 Å². The van der Waals surface area contributed by atoms with Crippen LogP contribution in [0.2, 0.25) is 0 Å². The third kappa shape index (κ3) is 8.25. The summed E-state index contributed by atoms with van der Waals surface area (Å²) < 4.78 is 16.0. The summed E-state index contributed by atoms with van der Waals surface area (Å²) in [7, 11) is 1.59. The van der Waals surface area contributed by atoms with Crippen molar-refractivity contribution in [2.45, 2.75) is 6.92 Å². The molecule has 0 saturated heterocycles. The Labute approximate surface area is 159 Å². The molecule has 1 aromatic rings. The van der Waals surface area contributed by atoms with Gasteiger partial charge < -0.3 is 14.2 Å².